The van der Waals surface area contributed by atoms with Crippen LogP contribution in [0.25, 0.3) is 0 Å². The number of carbonyl (C=O) groups excluding carboxylic acids is 1. The summed E-state index contributed by atoms with van der Waals surface area (Å²) in [6, 6.07) is 7.42. The number of benzene rings is 1. The molecule has 3 rings (SSSR count). The molecule has 0 aromatic heterocycles. The molecule has 2 bridgehead atoms. The fourth-order valence-electron chi connectivity index (χ4n) is 3.76. The number of aryl methyl sites for hydroxylation is 2. The molecule has 1 aromatic carbocycles. The molecule has 0 spiro atoms. The van der Waals surface area contributed by atoms with E-state index < -0.39 is 0 Å². The van der Waals surface area contributed by atoms with Crippen LogP contribution in [0.4, 0.5) is 0 Å². The van der Waals surface area contributed by atoms with Gasteiger partial charge in [-0.25, -0.2) is 0 Å². The van der Waals surface area contributed by atoms with E-state index in [1.165, 1.54) is 24.0 Å². The van der Waals surface area contributed by atoms with Gasteiger partial charge in [-0.3, -0.25) is 4.79 Å². The van der Waals surface area contributed by atoms with Crippen LogP contribution >= 0.6 is 0 Å². The molecule has 2 fully saturated rings. The average molecular weight is 257 g/mol. The molecule has 0 aliphatic carbocycles. The summed E-state index contributed by atoms with van der Waals surface area (Å²) < 4.78 is 0. The lowest BCUT2D eigenvalue weighted by atomic mass is 9.84. The summed E-state index contributed by atoms with van der Waals surface area (Å²) in [6.07, 6.45) is 4.66. The van der Waals surface area contributed by atoms with Gasteiger partial charge in [0.05, 0.1) is 0 Å². The lowest BCUT2D eigenvalue weighted by Crippen LogP contribution is -2.42. The largest absolute Gasteiger partial charge is 0.300 e. The Hall–Kier alpha value is -1.15. The second-order valence-corrected chi connectivity index (χ2v) is 6.38. The molecular formula is C17H23NO. The molecule has 0 radical (unpaired) electrons. The summed E-state index contributed by atoms with van der Waals surface area (Å²) in [5.41, 5.74) is 3.40. The van der Waals surface area contributed by atoms with Gasteiger partial charge in [-0.15, -0.1) is 0 Å². The molecule has 1 aromatic rings. The van der Waals surface area contributed by atoms with Gasteiger partial charge in [0.1, 0.15) is 0 Å². The molecule has 2 atom stereocenters. The number of Topliss-reactive ketones (excluding diaryl/α,β-unsaturated/α-hetero) is 1. The highest BCUT2D eigenvalue weighted by Gasteiger charge is 2.40. The summed E-state index contributed by atoms with van der Waals surface area (Å²) in [4.78, 5) is 15.2. The first-order valence-electron chi connectivity index (χ1n) is 7.39. The summed E-state index contributed by atoms with van der Waals surface area (Å²) in [5.74, 6) is 0.615. The first-order chi connectivity index (χ1) is 9.06. The maximum atomic E-state index is 12.7. The van der Waals surface area contributed by atoms with Crippen LogP contribution in [0.1, 0.15) is 47.2 Å². The summed E-state index contributed by atoms with van der Waals surface area (Å²) in [6.45, 7) is 4.18. The average Bonchev–Trinajstić information content (AvgIpc) is 2.64. The Morgan fingerprint density at radius 3 is 2.32 bits per heavy atom. The van der Waals surface area contributed by atoms with Gasteiger partial charge in [-0.1, -0.05) is 12.1 Å². The SMILES string of the molecule is Cc1ccc(C(=O)C2CC3CCC(C2)N3C)cc1C. The van der Waals surface area contributed by atoms with Crippen LogP contribution in [-0.4, -0.2) is 29.8 Å². The van der Waals surface area contributed by atoms with Crippen molar-refractivity contribution in [3.8, 4) is 0 Å². The topological polar surface area (TPSA) is 20.3 Å². The highest BCUT2D eigenvalue weighted by molar-refractivity contribution is 5.98. The zero-order chi connectivity index (χ0) is 13.6. The molecule has 0 N–H and O–H groups in total. The van der Waals surface area contributed by atoms with E-state index >= 15 is 0 Å². The molecule has 2 saturated heterocycles. The number of piperidine rings is 1. The van der Waals surface area contributed by atoms with Gasteiger partial charge < -0.3 is 4.90 Å². The van der Waals surface area contributed by atoms with Crippen LogP contribution in [-0.2, 0) is 0 Å². The highest BCUT2D eigenvalue weighted by atomic mass is 16.1. The van der Waals surface area contributed by atoms with Gasteiger partial charge in [0.25, 0.3) is 0 Å². The smallest absolute Gasteiger partial charge is 0.166 e. The third-order valence-corrected chi connectivity index (χ3v) is 5.26. The normalized spacial score (nSPS) is 30.6. The maximum absolute atomic E-state index is 12.7. The van der Waals surface area contributed by atoms with Crippen molar-refractivity contribution in [3.63, 3.8) is 0 Å². The predicted octanol–water partition coefficient (Wildman–Crippen LogP) is 3.36. The summed E-state index contributed by atoms with van der Waals surface area (Å²) >= 11 is 0. The Labute approximate surface area is 115 Å². The minimum Gasteiger partial charge on any atom is -0.300 e. The molecule has 0 saturated carbocycles. The van der Waals surface area contributed by atoms with Crippen molar-refractivity contribution in [2.75, 3.05) is 7.05 Å². The predicted molar refractivity (Wildman–Crippen MR) is 77.5 cm³/mol. The van der Waals surface area contributed by atoms with Crippen LogP contribution in [0.15, 0.2) is 18.2 Å². The van der Waals surface area contributed by atoms with Gasteiger partial charge in [0.15, 0.2) is 5.78 Å². The van der Waals surface area contributed by atoms with Crippen LogP contribution in [0.2, 0.25) is 0 Å². The van der Waals surface area contributed by atoms with Crippen molar-refractivity contribution in [3.05, 3.63) is 34.9 Å². The Kier molecular flexibility index (Phi) is 3.22. The Morgan fingerprint density at radius 2 is 1.74 bits per heavy atom. The molecule has 0 amide bonds. The zero-order valence-corrected chi connectivity index (χ0v) is 12.1. The molecule has 2 nitrogen and oxygen atoms in total. The zero-order valence-electron chi connectivity index (χ0n) is 12.1. The van der Waals surface area contributed by atoms with Crippen molar-refractivity contribution in [1.82, 2.24) is 4.90 Å². The van der Waals surface area contributed by atoms with Gasteiger partial charge in [0.2, 0.25) is 0 Å². The Balaban J connectivity index is 1.79. The first-order valence-corrected chi connectivity index (χ1v) is 7.39. The Bertz CT molecular complexity index is 494. The van der Waals surface area contributed by atoms with Crippen molar-refractivity contribution in [1.29, 1.82) is 0 Å². The Morgan fingerprint density at radius 1 is 1.11 bits per heavy atom. The van der Waals surface area contributed by atoms with Crippen LogP contribution in [0, 0.1) is 19.8 Å². The number of hydrogen-bond acceptors (Lipinski definition) is 2. The molecule has 2 heterocycles. The second kappa shape index (κ2) is 4.75. The summed E-state index contributed by atoms with van der Waals surface area (Å²) in [5, 5.41) is 0. The lowest BCUT2D eigenvalue weighted by molar-refractivity contribution is 0.0767. The van der Waals surface area contributed by atoms with E-state index in [4.69, 9.17) is 0 Å². The third kappa shape index (κ3) is 2.23. The van der Waals surface area contributed by atoms with Gasteiger partial charge in [-0.2, -0.15) is 0 Å². The van der Waals surface area contributed by atoms with E-state index in [0.29, 0.717) is 17.9 Å². The fraction of sp³-hybridized carbons (Fsp3) is 0.588. The minimum absolute atomic E-state index is 0.246. The van der Waals surface area contributed by atoms with Crippen LogP contribution < -0.4 is 0 Å². The van der Waals surface area contributed by atoms with E-state index in [1.807, 2.05) is 6.07 Å². The number of fused-ring (bicyclic) bond motifs is 2. The number of ketones is 1. The maximum Gasteiger partial charge on any atom is 0.166 e. The third-order valence-electron chi connectivity index (χ3n) is 5.26. The van der Waals surface area contributed by atoms with Crippen LogP contribution in [0.5, 0.6) is 0 Å². The van der Waals surface area contributed by atoms with Gasteiger partial charge in [0, 0.05) is 23.6 Å². The highest BCUT2D eigenvalue weighted by Crippen LogP contribution is 2.38. The van der Waals surface area contributed by atoms with E-state index in [-0.39, 0.29) is 5.92 Å². The number of rotatable bonds is 2. The van der Waals surface area contributed by atoms with E-state index in [0.717, 1.165) is 18.4 Å². The number of nitrogens with zero attached hydrogens (tertiary/aromatic N) is 1. The molecular weight excluding hydrogens is 234 g/mol. The van der Waals surface area contributed by atoms with Crippen molar-refractivity contribution >= 4 is 5.78 Å². The number of hydrogen-bond donors (Lipinski definition) is 0. The van der Waals surface area contributed by atoms with Crippen molar-refractivity contribution in [2.24, 2.45) is 5.92 Å². The van der Waals surface area contributed by atoms with E-state index in [2.05, 4.69) is 37.9 Å². The molecule has 2 aliphatic heterocycles. The van der Waals surface area contributed by atoms with E-state index in [9.17, 15) is 4.79 Å². The molecule has 2 heteroatoms. The van der Waals surface area contributed by atoms with Crippen molar-refractivity contribution < 1.29 is 4.79 Å². The quantitative estimate of drug-likeness (QED) is 0.757. The van der Waals surface area contributed by atoms with Crippen molar-refractivity contribution in [2.45, 2.75) is 51.6 Å². The molecule has 19 heavy (non-hydrogen) atoms. The van der Waals surface area contributed by atoms with Crippen LogP contribution in [0.3, 0.4) is 0 Å². The number of carbonyl (C=O) groups is 1. The first kappa shape index (κ1) is 12.9. The molecule has 2 aliphatic rings. The second-order valence-electron chi connectivity index (χ2n) is 6.38. The van der Waals surface area contributed by atoms with E-state index in [1.54, 1.807) is 0 Å². The summed E-state index contributed by atoms with van der Waals surface area (Å²) in [7, 11) is 2.22. The minimum atomic E-state index is 0.246. The monoisotopic (exact) mass is 257 g/mol. The molecule has 2 unspecified atom stereocenters. The molecule has 102 valence electrons. The van der Waals surface area contributed by atoms with Gasteiger partial charge >= 0.3 is 0 Å². The lowest BCUT2D eigenvalue weighted by Gasteiger charge is -2.35. The fourth-order valence-corrected chi connectivity index (χ4v) is 3.76. The standard InChI is InChI=1S/C17H23NO/c1-11-4-5-13(8-12(11)2)17(19)14-9-15-6-7-16(10-14)18(15)3/h4-5,8,14-16H,6-7,9-10H2,1-3H3. The van der Waals surface area contributed by atoms with Gasteiger partial charge in [-0.05, 0) is 63.8 Å².